The predicted octanol–water partition coefficient (Wildman–Crippen LogP) is 2.93. The Labute approximate surface area is 117 Å². The van der Waals surface area contributed by atoms with E-state index in [0.717, 1.165) is 25.8 Å². The Kier molecular flexibility index (Phi) is 5.26. The van der Waals surface area contributed by atoms with Crippen LogP contribution in [-0.2, 0) is 4.79 Å². The van der Waals surface area contributed by atoms with Crippen LogP contribution in [0.5, 0.6) is 0 Å². The maximum Gasteiger partial charge on any atom is 0.222 e. The van der Waals surface area contributed by atoms with E-state index in [9.17, 15) is 4.79 Å². The first kappa shape index (κ1) is 14.8. The number of piperidine rings is 1. The van der Waals surface area contributed by atoms with E-state index in [-0.39, 0.29) is 0 Å². The van der Waals surface area contributed by atoms with Crippen molar-refractivity contribution in [3.8, 4) is 0 Å². The second-order valence-electron chi connectivity index (χ2n) is 6.91. The third kappa shape index (κ3) is 4.20. The first-order valence-corrected chi connectivity index (χ1v) is 8.11. The van der Waals surface area contributed by atoms with Crippen molar-refractivity contribution in [3.05, 3.63) is 0 Å². The summed E-state index contributed by atoms with van der Waals surface area (Å²) in [5.41, 5.74) is 6.02. The van der Waals surface area contributed by atoms with Crippen LogP contribution in [0.4, 0.5) is 0 Å². The number of hydrogen-bond acceptors (Lipinski definition) is 2. The maximum atomic E-state index is 12.4. The Hall–Kier alpha value is -0.570. The zero-order valence-corrected chi connectivity index (χ0v) is 12.6. The van der Waals surface area contributed by atoms with Gasteiger partial charge in [-0.25, -0.2) is 0 Å². The van der Waals surface area contributed by atoms with Crippen molar-refractivity contribution in [1.82, 2.24) is 4.90 Å². The fraction of sp³-hybridized carbons (Fsp3) is 0.938. The molecule has 0 radical (unpaired) electrons. The fourth-order valence-corrected chi connectivity index (χ4v) is 3.70. The Morgan fingerprint density at radius 2 is 2.00 bits per heavy atom. The van der Waals surface area contributed by atoms with Gasteiger partial charge in [0.2, 0.25) is 5.91 Å². The Morgan fingerprint density at radius 3 is 2.74 bits per heavy atom. The molecule has 0 aromatic carbocycles. The summed E-state index contributed by atoms with van der Waals surface area (Å²) in [6.07, 6.45) is 9.02. The van der Waals surface area contributed by atoms with Gasteiger partial charge in [-0.1, -0.05) is 19.8 Å². The average Bonchev–Trinajstić information content (AvgIpc) is 2.39. The molecule has 3 heteroatoms. The van der Waals surface area contributed by atoms with Crippen LogP contribution >= 0.6 is 0 Å². The van der Waals surface area contributed by atoms with Gasteiger partial charge in [0.05, 0.1) is 0 Å². The van der Waals surface area contributed by atoms with Gasteiger partial charge in [-0.3, -0.25) is 4.79 Å². The summed E-state index contributed by atoms with van der Waals surface area (Å²) in [5, 5.41) is 0. The number of nitrogens with zero attached hydrogens (tertiary/aromatic N) is 1. The van der Waals surface area contributed by atoms with E-state index in [1.807, 2.05) is 0 Å². The third-order valence-electron chi connectivity index (χ3n) is 5.03. The van der Waals surface area contributed by atoms with Gasteiger partial charge in [0, 0.05) is 25.0 Å². The van der Waals surface area contributed by atoms with Gasteiger partial charge in [-0.05, 0) is 50.9 Å². The van der Waals surface area contributed by atoms with Crippen molar-refractivity contribution in [3.63, 3.8) is 0 Å². The molecule has 1 amide bonds. The number of carbonyl (C=O) groups is 1. The monoisotopic (exact) mass is 266 g/mol. The summed E-state index contributed by atoms with van der Waals surface area (Å²) in [4.78, 5) is 14.5. The van der Waals surface area contributed by atoms with Gasteiger partial charge in [0.25, 0.3) is 0 Å². The van der Waals surface area contributed by atoms with Crippen molar-refractivity contribution in [2.24, 2.45) is 17.6 Å². The molecule has 1 saturated heterocycles. The number of carbonyl (C=O) groups excluding carboxylic acids is 1. The molecule has 2 rings (SSSR count). The van der Waals surface area contributed by atoms with Crippen LogP contribution in [0.1, 0.15) is 65.2 Å². The standard InChI is InChI=1S/C16H30N2O/c1-12-6-7-13(2)18(11-12)16(19)9-8-14-4-3-5-15(17)10-14/h12-15H,3-11,17H2,1-2H3. The second-order valence-corrected chi connectivity index (χ2v) is 6.91. The number of amides is 1. The van der Waals surface area contributed by atoms with Crippen LogP contribution < -0.4 is 5.73 Å². The Morgan fingerprint density at radius 1 is 1.21 bits per heavy atom. The molecule has 2 aliphatic rings. The Balaban J connectivity index is 1.77. The van der Waals surface area contributed by atoms with Crippen LogP contribution in [0.3, 0.4) is 0 Å². The molecular weight excluding hydrogens is 236 g/mol. The molecule has 0 aromatic rings. The van der Waals surface area contributed by atoms with Crippen molar-refractivity contribution < 1.29 is 4.79 Å². The van der Waals surface area contributed by atoms with Crippen molar-refractivity contribution in [1.29, 1.82) is 0 Å². The molecule has 0 bridgehead atoms. The zero-order chi connectivity index (χ0) is 13.8. The minimum atomic E-state index is 0.373. The van der Waals surface area contributed by atoms with Crippen LogP contribution in [-0.4, -0.2) is 29.4 Å². The largest absolute Gasteiger partial charge is 0.340 e. The summed E-state index contributed by atoms with van der Waals surface area (Å²) in [7, 11) is 0. The van der Waals surface area contributed by atoms with E-state index >= 15 is 0 Å². The van der Waals surface area contributed by atoms with Crippen molar-refractivity contribution >= 4 is 5.91 Å². The molecule has 1 saturated carbocycles. The van der Waals surface area contributed by atoms with E-state index in [4.69, 9.17) is 5.73 Å². The van der Waals surface area contributed by atoms with Gasteiger partial charge in [-0.15, -0.1) is 0 Å². The summed E-state index contributed by atoms with van der Waals surface area (Å²) >= 11 is 0. The highest BCUT2D eigenvalue weighted by molar-refractivity contribution is 5.76. The molecule has 4 atom stereocenters. The molecule has 4 unspecified atom stereocenters. The molecule has 1 heterocycles. The van der Waals surface area contributed by atoms with Crippen LogP contribution in [0.2, 0.25) is 0 Å². The summed E-state index contributed by atoms with van der Waals surface area (Å²) in [6.45, 7) is 5.41. The van der Waals surface area contributed by atoms with E-state index in [1.165, 1.54) is 32.1 Å². The maximum absolute atomic E-state index is 12.4. The van der Waals surface area contributed by atoms with Crippen LogP contribution in [0.15, 0.2) is 0 Å². The first-order valence-electron chi connectivity index (χ1n) is 8.11. The molecule has 3 nitrogen and oxygen atoms in total. The number of nitrogens with two attached hydrogens (primary N) is 1. The molecule has 2 fully saturated rings. The summed E-state index contributed by atoms with van der Waals surface area (Å²) < 4.78 is 0. The van der Waals surface area contributed by atoms with Gasteiger partial charge in [0.15, 0.2) is 0 Å². The highest BCUT2D eigenvalue weighted by Crippen LogP contribution is 2.28. The molecule has 19 heavy (non-hydrogen) atoms. The van der Waals surface area contributed by atoms with Gasteiger partial charge >= 0.3 is 0 Å². The zero-order valence-electron chi connectivity index (χ0n) is 12.6. The SMILES string of the molecule is CC1CCC(C)N(C(=O)CCC2CCCC(N)C2)C1. The lowest BCUT2D eigenvalue weighted by atomic mass is 9.83. The molecule has 1 aliphatic heterocycles. The van der Waals surface area contributed by atoms with E-state index in [2.05, 4.69) is 18.7 Å². The molecule has 0 aromatic heterocycles. The van der Waals surface area contributed by atoms with E-state index in [1.54, 1.807) is 0 Å². The smallest absolute Gasteiger partial charge is 0.222 e. The van der Waals surface area contributed by atoms with Crippen molar-refractivity contribution in [2.75, 3.05) is 6.54 Å². The van der Waals surface area contributed by atoms with Crippen LogP contribution in [0, 0.1) is 11.8 Å². The second kappa shape index (κ2) is 6.74. The van der Waals surface area contributed by atoms with Gasteiger partial charge in [-0.2, -0.15) is 0 Å². The fourth-order valence-electron chi connectivity index (χ4n) is 3.70. The quantitative estimate of drug-likeness (QED) is 0.853. The average molecular weight is 266 g/mol. The first-order chi connectivity index (χ1) is 9.06. The predicted molar refractivity (Wildman–Crippen MR) is 78.7 cm³/mol. The van der Waals surface area contributed by atoms with E-state index < -0.39 is 0 Å². The van der Waals surface area contributed by atoms with Gasteiger partial charge < -0.3 is 10.6 Å². The highest BCUT2D eigenvalue weighted by atomic mass is 16.2. The summed E-state index contributed by atoms with van der Waals surface area (Å²) in [5.74, 6) is 1.73. The normalized spacial score (nSPS) is 36.3. The van der Waals surface area contributed by atoms with Crippen molar-refractivity contribution in [2.45, 2.75) is 77.3 Å². The minimum Gasteiger partial charge on any atom is -0.340 e. The van der Waals surface area contributed by atoms with Crippen LogP contribution in [0.25, 0.3) is 0 Å². The molecular formula is C16H30N2O. The number of rotatable bonds is 3. The molecule has 0 spiro atoms. The highest BCUT2D eigenvalue weighted by Gasteiger charge is 2.27. The van der Waals surface area contributed by atoms with Gasteiger partial charge in [0.1, 0.15) is 0 Å². The molecule has 1 aliphatic carbocycles. The molecule has 110 valence electrons. The lowest BCUT2D eigenvalue weighted by molar-refractivity contribution is -0.135. The number of hydrogen-bond donors (Lipinski definition) is 1. The molecule has 2 N–H and O–H groups in total. The lowest BCUT2D eigenvalue weighted by Gasteiger charge is -2.37. The van der Waals surface area contributed by atoms with E-state index in [0.29, 0.717) is 29.8 Å². The Bertz CT molecular complexity index is 305. The third-order valence-corrected chi connectivity index (χ3v) is 5.03. The topological polar surface area (TPSA) is 46.3 Å². The minimum absolute atomic E-state index is 0.373. The summed E-state index contributed by atoms with van der Waals surface area (Å²) in [6, 6.07) is 0.820. The number of likely N-dealkylation sites (tertiary alicyclic amines) is 1. The lowest BCUT2D eigenvalue weighted by Crippen LogP contribution is -2.45.